The van der Waals surface area contributed by atoms with Gasteiger partial charge in [-0.25, -0.2) is 5.01 Å². The van der Waals surface area contributed by atoms with E-state index in [0.29, 0.717) is 0 Å². The summed E-state index contributed by atoms with van der Waals surface area (Å²) in [4.78, 5) is 14.5. The van der Waals surface area contributed by atoms with Crippen molar-refractivity contribution in [2.45, 2.75) is 25.8 Å². The van der Waals surface area contributed by atoms with Crippen LogP contribution in [-0.4, -0.2) is 73.2 Å². The third-order valence-electron chi connectivity index (χ3n) is 3.64. The highest BCUT2D eigenvalue weighted by Gasteiger charge is 2.35. The number of nitrogens with zero attached hydrogens (tertiary/aromatic N) is 3. The SMILES string of the molecule is CCCNC1CCN(N2CCN(C)CC2)C1=O. The van der Waals surface area contributed by atoms with E-state index in [2.05, 4.69) is 29.2 Å². The first-order chi connectivity index (χ1) is 8.22. The fourth-order valence-corrected chi connectivity index (χ4v) is 2.49. The van der Waals surface area contributed by atoms with Gasteiger partial charge in [0.25, 0.3) is 5.91 Å². The summed E-state index contributed by atoms with van der Waals surface area (Å²) in [5.41, 5.74) is 0. The predicted octanol–water partition coefficient (Wildman–Crippen LogP) is -0.251. The van der Waals surface area contributed by atoms with Crippen molar-refractivity contribution < 1.29 is 4.79 Å². The molecule has 0 spiro atoms. The van der Waals surface area contributed by atoms with Gasteiger partial charge in [0.15, 0.2) is 0 Å². The van der Waals surface area contributed by atoms with E-state index in [4.69, 9.17) is 0 Å². The maximum atomic E-state index is 12.2. The van der Waals surface area contributed by atoms with Crippen LogP contribution in [0.25, 0.3) is 0 Å². The monoisotopic (exact) mass is 240 g/mol. The Hall–Kier alpha value is -0.650. The second-order valence-corrected chi connectivity index (χ2v) is 5.01. The second-order valence-electron chi connectivity index (χ2n) is 5.01. The van der Waals surface area contributed by atoms with Gasteiger partial charge in [0.05, 0.1) is 6.04 Å². The number of hydrazine groups is 1. The van der Waals surface area contributed by atoms with Crippen LogP contribution in [0.5, 0.6) is 0 Å². The van der Waals surface area contributed by atoms with Crippen LogP contribution in [0.15, 0.2) is 0 Å². The molecule has 0 aromatic rings. The van der Waals surface area contributed by atoms with Crippen molar-refractivity contribution in [2.75, 3.05) is 46.3 Å². The molecule has 1 atom stereocenters. The first-order valence-electron chi connectivity index (χ1n) is 6.70. The van der Waals surface area contributed by atoms with Crippen LogP contribution >= 0.6 is 0 Å². The number of amides is 1. The predicted molar refractivity (Wildman–Crippen MR) is 67.5 cm³/mol. The van der Waals surface area contributed by atoms with Crippen molar-refractivity contribution in [1.29, 1.82) is 0 Å². The molecule has 2 saturated heterocycles. The van der Waals surface area contributed by atoms with E-state index in [1.54, 1.807) is 0 Å². The third-order valence-corrected chi connectivity index (χ3v) is 3.64. The molecule has 5 heteroatoms. The van der Waals surface area contributed by atoms with E-state index >= 15 is 0 Å². The maximum Gasteiger partial charge on any atom is 0.254 e. The van der Waals surface area contributed by atoms with Gasteiger partial charge in [0.1, 0.15) is 0 Å². The summed E-state index contributed by atoms with van der Waals surface area (Å²) in [6.45, 7) is 8.00. The zero-order valence-electron chi connectivity index (χ0n) is 11.0. The number of nitrogens with one attached hydrogen (secondary N) is 1. The Labute approximate surface area is 104 Å². The van der Waals surface area contributed by atoms with Crippen molar-refractivity contribution in [3.63, 3.8) is 0 Å². The fraction of sp³-hybridized carbons (Fsp3) is 0.917. The number of carbonyl (C=O) groups is 1. The summed E-state index contributed by atoms with van der Waals surface area (Å²) in [6, 6.07) is 0.0506. The molecule has 2 heterocycles. The van der Waals surface area contributed by atoms with Crippen LogP contribution < -0.4 is 5.32 Å². The lowest BCUT2D eigenvalue weighted by Gasteiger charge is -2.38. The lowest BCUT2D eigenvalue weighted by atomic mass is 10.2. The number of carbonyl (C=O) groups excluding carboxylic acids is 1. The first kappa shape index (κ1) is 12.8. The molecule has 1 N–H and O–H groups in total. The molecule has 0 aromatic carbocycles. The van der Waals surface area contributed by atoms with E-state index in [9.17, 15) is 4.79 Å². The smallest absolute Gasteiger partial charge is 0.254 e. The highest BCUT2D eigenvalue weighted by atomic mass is 16.2. The van der Waals surface area contributed by atoms with Gasteiger partial charge in [-0.05, 0) is 26.4 Å². The molecule has 0 radical (unpaired) electrons. The average Bonchev–Trinajstić information content (AvgIpc) is 2.69. The largest absolute Gasteiger partial charge is 0.306 e. The minimum absolute atomic E-state index is 0.0506. The molecule has 1 amide bonds. The van der Waals surface area contributed by atoms with Gasteiger partial charge >= 0.3 is 0 Å². The Morgan fingerprint density at radius 1 is 1.24 bits per heavy atom. The van der Waals surface area contributed by atoms with Crippen LogP contribution in [0.2, 0.25) is 0 Å². The van der Waals surface area contributed by atoms with Crippen LogP contribution in [0.4, 0.5) is 0 Å². The van der Waals surface area contributed by atoms with Gasteiger partial charge < -0.3 is 10.2 Å². The lowest BCUT2D eigenvalue weighted by Crippen LogP contribution is -2.54. The Kier molecular flexibility index (Phi) is 4.36. The number of likely N-dealkylation sites (N-methyl/N-ethyl adjacent to an activating group) is 1. The molecule has 2 rings (SSSR count). The van der Waals surface area contributed by atoms with E-state index in [1.807, 2.05) is 5.01 Å². The first-order valence-corrected chi connectivity index (χ1v) is 6.70. The number of rotatable bonds is 4. The summed E-state index contributed by atoms with van der Waals surface area (Å²) >= 11 is 0. The highest BCUT2D eigenvalue weighted by Crippen LogP contribution is 2.15. The van der Waals surface area contributed by atoms with E-state index in [-0.39, 0.29) is 11.9 Å². The Balaban J connectivity index is 1.84. The normalized spacial score (nSPS) is 28.0. The zero-order valence-corrected chi connectivity index (χ0v) is 11.0. The molecule has 2 fully saturated rings. The minimum Gasteiger partial charge on any atom is -0.306 e. The quantitative estimate of drug-likeness (QED) is 0.735. The average molecular weight is 240 g/mol. The van der Waals surface area contributed by atoms with Crippen molar-refractivity contribution >= 4 is 5.91 Å². The molecule has 0 saturated carbocycles. The van der Waals surface area contributed by atoms with Gasteiger partial charge in [-0.2, -0.15) is 0 Å². The highest BCUT2D eigenvalue weighted by molar-refractivity contribution is 5.83. The summed E-state index contributed by atoms with van der Waals surface area (Å²) < 4.78 is 0. The Bertz CT molecular complexity index is 263. The van der Waals surface area contributed by atoms with Crippen LogP contribution in [-0.2, 0) is 4.79 Å². The molecule has 17 heavy (non-hydrogen) atoms. The molecule has 98 valence electrons. The van der Waals surface area contributed by atoms with E-state index in [0.717, 1.165) is 52.1 Å². The van der Waals surface area contributed by atoms with Crippen LogP contribution in [0, 0.1) is 0 Å². The van der Waals surface area contributed by atoms with Gasteiger partial charge in [-0.1, -0.05) is 6.92 Å². The molecule has 0 aromatic heterocycles. The molecular weight excluding hydrogens is 216 g/mol. The van der Waals surface area contributed by atoms with Gasteiger partial charge in [-0.3, -0.25) is 9.80 Å². The topological polar surface area (TPSA) is 38.8 Å². The molecule has 1 unspecified atom stereocenters. The number of hydrogen-bond acceptors (Lipinski definition) is 4. The molecular formula is C12H24N4O. The van der Waals surface area contributed by atoms with Gasteiger partial charge in [0.2, 0.25) is 0 Å². The van der Waals surface area contributed by atoms with Crippen LogP contribution in [0.1, 0.15) is 19.8 Å². The van der Waals surface area contributed by atoms with Crippen molar-refractivity contribution in [1.82, 2.24) is 20.2 Å². The molecule has 0 aliphatic carbocycles. The fourth-order valence-electron chi connectivity index (χ4n) is 2.49. The van der Waals surface area contributed by atoms with E-state index in [1.165, 1.54) is 0 Å². The molecule has 5 nitrogen and oxygen atoms in total. The van der Waals surface area contributed by atoms with E-state index < -0.39 is 0 Å². The Morgan fingerprint density at radius 2 is 1.94 bits per heavy atom. The molecule has 2 aliphatic rings. The van der Waals surface area contributed by atoms with Gasteiger partial charge in [0, 0.05) is 32.7 Å². The summed E-state index contributed by atoms with van der Waals surface area (Å²) in [6.07, 6.45) is 2.03. The summed E-state index contributed by atoms with van der Waals surface area (Å²) in [5.74, 6) is 0.267. The third kappa shape index (κ3) is 2.97. The molecule has 2 aliphatic heterocycles. The lowest BCUT2D eigenvalue weighted by molar-refractivity contribution is -0.147. The van der Waals surface area contributed by atoms with Crippen molar-refractivity contribution in [2.24, 2.45) is 0 Å². The Morgan fingerprint density at radius 3 is 2.59 bits per heavy atom. The van der Waals surface area contributed by atoms with Gasteiger partial charge in [-0.15, -0.1) is 0 Å². The summed E-state index contributed by atoms with van der Waals surface area (Å²) in [7, 11) is 2.13. The van der Waals surface area contributed by atoms with Crippen molar-refractivity contribution in [3.8, 4) is 0 Å². The van der Waals surface area contributed by atoms with Crippen molar-refractivity contribution in [3.05, 3.63) is 0 Å². The number of piperazine rings is 1. The molecule has 0 bridgehead atoms. The minimum atomic E-state index is 0.0506. The second kappa shape index (κ2) is 5.80. The standard InChI is InChI=1S/C12H24N4O/c1-3-5-13-11-4-6-16(12(11)17)15-9-7-14(2)8-10-15/h11,13H,3-10H2,1-2H3. The number of hydrogen-bond donors (Lipinski definition) is 1. The maximum absolute atomic E-state index is 12.2. The zero-order chi connectivity index (χ0) is 12.3. The summed E-state index contributed by atoms with van der Waals surface area (Å²) in [5, 5.41) is 7.51. The van der Waals surface area contributed by atoms with Crippen LogP contribution in [0.3, 0.4) is 0 Å².